The molecule has 0 heterocycles. The van der Waals surface area contributed by atoms with E-state index in [1.807, 2.05) is 0 Å². The molecule has 0 aliphatic heterocycles. The molecule has 0 unspecified atom stereocenters. The van der Waals surface area contributed by atoms with Crippen LogP contribution in [0.3, 0.4) is 0 Å². The third kappa shape index (κ3) is 11.1. The van der Waals surface area contributed by atoms with Crippen molar-refractivity contribution < 1.29 is 9.53 Å². The number of hydrogen-bond acceptors (Lipinski definition) is 2. The molecule has 0 radical (unpaired) electrons. The molecule has 0 atom stereocenters. The Labute approximate surface area is 83.6 Å². The second-order valence-electron chi connectivity index (χ2n) is 1.87. The molecule has 0 saturated carbocycles. The monoisotopic (exact) mass is 155 g/mol. The van der Waals surface area contributed by atoms with Gasteiger partial charge in [0.05, 0.1) is 6.61 Å². The van der Waals surface area contributed by atoms with Crippen molar-refractivity contribution in [2.75, 3.05) is 6.61 Å². The average molecular weight is 155 g/mol. The van der Waals surface area contributed by atoms with Crippen molar-refractivity contribution in [1.29, 1.82) is 0 Å². The molecule has 2 N–H and O–H groups in total. The zero-order valence-corrected chi connectivity index (χ0v) is 5.72. The Bertz CT molecular complexity index is 87.8. The number of primary amides is 1. The van der Waals surface area contributed by atoms with Crippen LogP contribution in [-0.4, -0.2) is 42.3 Å². The van der Waals surface area contributed by atoms with Crippen LogP contribution in [0.15, 0.2) is 0 Å². The van der Waals surface area contributed by atoms with Gasteiger partial charge in [-0.1, -0.05) is 19.8 Å². The van der Waals surface area contributed by atoms with Gasteiger partial charge in [0.15, 0.2) is 0 Å². The first-order chi connectivity index (χ1) is 4.27. The zero-order valence-electron chi connectivity index (χ0n) is 5.72. The number of unbranched alkanes of at least 4 members (excludes halogenated alkanes) is 2. The van der Waals surface area contributed by atoms with E-state index in [9.17, 15) is 4.79 Å². The van der Waals surface area contributed by atoms with Gasteiger partial charge in [-0.2, -0.15) is 0 Å². The van der Waals surface area contributed by atoms with E-state index < -0.39 is 6.09 Å². The van der Waals surface area contributed by atoms with E-state index in [4.69, 9.17) is 5.73 Å². The first kappa shape index (κ1) is 12.9. The molecule has 0 aromatic carbocycles. The fourth-order valence-corrected chi connectivity index (χ4v) is 0.525. The molecular formula is C6H14NNaO2. The van der Waals surface area contributed by atoms with Gasteiger partial charge in [0.1, 0.15) is 0 Å². The van der Waals surface area contributed by atoms with E-state index in [0.29, 0.717) is 6.61 Å². The van der Waals surface area contributed by atoms with Crippen molar-refractivity contribution in [3.63, 3.8) is 0 Å². The van der Waals surface area contributed by atoms with E-state index in [1.54, 1.807) is 0 Å². The number of amides is 1. The van der Waals surface area contributed by atoms with Crippen molar-refractivity contribution >= 4 is 35.7 Å². The molecule has 0 aliphatic rings. The van der Waals surface area contributed by atoms with Crippen LogP contribution < -0.4 is 5.73 Å². The molecule has 0 aliphatic carbocycles. The minimum absolute atomic E-state index is 0. The molecule has 3 nitrogen and oxygen atoms in total. The molecule has 10 heavy (non-hydrogen) atoms. The second kappa shape index (κ2) is 9.27. The first-order valence-electron chi connectivity index (χ1n) is 3.19. The summed E-state index contributed by atoms with van der Waals surface area (Å²) in [4.78, 5) is 9.96. The molecule has 0 rings (SSSR count). The van der Waals surface area contributed by atoms with E-state index >= 15 is 0 Å². The van der Waals surface area contributed by atoms with Crippen molar-refractivity contribution in [3.05, 3.63) is 0 Å². The Morgan fingerprint density at radius 2 is 2.10 bits per heavy atom. The summed E-state index contributed by atoms with van der Waals surface area (Å²) >= 11 is 0. The Kier molecular flexibility index (Phi) is 12.0. The van der Waals surface area contributed by atoms with Crippen LogP contribution in [-0.2, 0) is 4.74 Å². The summed E-state index contributed by atoms with van der Waals surface area (Å²) in [5, 5.41) is 0. The van der Waals surface area contributed by atoms with Crippen LogP contribution in [0.1, 0.15) is 26.2 Å². The Hall–Kier alpha value is 0.270. The summed E-state index contributed by atoms with van der Waals surface area (Å²) in [5.74, 6) is 0. The maximum atomic E-state index is 9.96. The van der Waals surface area contributed by atoms with Crippen LogP contribution in [0.4, 0.5) is 4.79 Å². The zero-order chi connectivity index (χ0) is 7.11. The van der Waals surface area contributed by atoms with Gasteiger partial charge in [0, 0.05) is 0 Å². The quantitative estimate of drug-likeness (QED) is 0.478. The van der Waals surface area contributed by atoms with Gasteiger partial charge < -0.3 is 10.5 Å². The van der Waals surface area contributed by atoms with Crippen molar-refractivity contribution in [2.24, 2.45) is 5.73 Å². The number of ether oxygens (including phenoxy) is 1. The molecule has 0 aromatic rings. The topological polar surface area (TPSA) is 52.3 Å². The van der Waals surface area contributed by atoms with Crippen LogP contribution in [0.5, 0.6) is 0 Å². The predicted molar refractivity (Wildman–Crippen MR) is 42.2 cm³/mol. The maximum absolute atomic E-state index is 9.96. The standard InChI is InChI=1S/C6H13NO2.Na.H/c1-2-3-4-5-9-6(7)8;;/h2-5H2,1H3,(H2,7,8);;. The normalized spacial score (nSPS) is 8.10. The van der Waals surface area contributed by atoms with Gasteiger partial charge in [0.2, 0.25) is 0 Å². The van der Waals surface area contributed by atoms with E-state index in [2.05, 4.69) is 11.7 Å². The van der Waals surface area contributed by atoms with Gasteiger partial charge in [-0.15, -0.1) is 0 Å². The third-order valence-corrected chi connectivity index (χ3v) is 0.992. The molecular weight excluding hydrogens is 141 g/mol. The Morgan fingerprint density at radius 3 is 2.50 bits per heavy atom. The van der Waals surface area contributed by atoms with Crippen LogP contribution >= 0.6 is 0 Å². The number of carbonyl (C=O) groups is 1. The fraction of sp³-hybridized carbons (Fsp3) is 0.833. The average Bonchev–Trinajstić information content (AvgIpc) is 1.80. The fourth-order valence-electron chi connectivity index (χ4n) is 0.525. The summed E-state index contributed by atoms with van der Waals surface area (Å²) in [6.45, 7) is 2.55. The van der Waals surface area contributed by atoms with Crippen molar-refractivity contribution in [3.8, 4) is 0 Å². The molecule has 0 spiro atoms. The molecule has 0 saturated heterocycles. The number of nitrogens with two attached hydrogens (primary N) is 1. The summed E-state index contributed by atoms with van der Waals surface area (Å²) in [6.07, 6.45) is 2.46. The van der Waals surface area contributed by atoms with Gasteiger partial charge in [-0.05, 0) is 6.42 Å². The summed E-state index contributed by atoms with van der Waals surface area (Å²) in [7, 11) is 0. The van der Waals surface area contributed by atoms with Gasteiger partial charge in [0.25, 0.3) is 0 Å². The SMILES string of the molecule is CCCCCOC(N)=O.[NaH]. The molecule has 0 aromatic heterocycles. The van der Waals surface area contributed by atoms with E-state index in [-0.39, 0.29) is 29.6 Å². The number of rotatable bonds is 4. The predicted octanol–water partition coefficient (Wildman–Crippen LogP) is 0.623. The minimum atomic E-state index is -0.675. The Morgan fingerprint density at radius 1 is 1.50 bits per heavy atom. The Balaban J connectivity index is 0. The molecule has 0 bridgehead atoms. The van der Waals surface area contributed by atoms with Gasteiger partial charge in [-0.25, -0.2) is 4.79 Å². The second-order valence-corrected chi connectivity index (χ2v) is 1.87. The first-order valence-corrected chi connectivity index (χ1v) is 3.19. The third-order valence-electron chi connectivity index (χ3n) is 0.992. The molecule has 4 heteroatoms. The van der Waals surface area contributed by atoms with Crippen LogP contribution in [0, 0.1) is 0 Å². The van der Waals surface area contributed by atoms with Gasteiger partial charge >= 0.3 is 35.7 Å². The van der Waals surface area contributed by atoms with Crippen LogP contribution in [0.25, 0.3) is 0 Å². The summed E-state index contributed by atoms with van der Waals surface area (Å²) in [5.41, 5.74) is 4.71. The molecule has 1 amide bonds. The summed E-state index contributed by atoms with van der Waals surface area (Å²) in [6, 6.07) is 0. The number of hydrogen-bond donors (Lipinski definition) is 1. The van der Waals surface area contributed by atoms with Gasteiger partial charge in [-0.3, -0.25) is 0 Å². The van der Waals surface area contributed by atoms with E-state index in [1.165, 1.54) is 0 Å². The van der Waals surface area contributed by atoms with Crippen molar-refractivity contribution in [2.45, 2.75) is 26.2 Å². The molecule has 56 valence electrons. The summed E-state index contributed by atoms with van der Waals surface area (Å²) < 4.78 is 4.48. The molecule has 0 fully saturated rings. The van der Waals surface area contributed by atoms with E-state index in [0.717, 1.165) is 19.3 Å². The van der Waals surface area contributed by atoms with Crippen LogP contribution in [0.2, 0.25) is 0 Å². The number of carbonyl (C=O) groups excluding carboxylic acids is 1. The van der Waals surface area contributed by atoms with Crippen molar-refractivity contribution in [1.82, 2.24) is 0 Å².